The summed E-state index contributed by atoms with van der Waals surface area (Å²) in [5.74, 6) is -2.56. The summed E-state index contributed by atoms with van der Waals surface area (Å²) in [6.45, 7) is 3.55. The van der Waals surface area contributed by atoms with Crippen LogP contribution >= 0.6 is 11.3 Å². The lowest BCUT2D eigenvalue weighted by molar-refractivity contribution is -0.136. The first kappa shape index (κ1) is 27.5. The number of ether oxygens (including phenoxy) is 3. The van der Waals surface area contributed by atoms with Gasteiger partial charge in [0.2, 0.25) is 0 Å². The van der Waals surface area contributed by atoms with Crippen LogP contribution in [0.4, 0.5) is 5.00 Å². The number of benzene rings is 2. The average Bonchev–Trinajstić information content (AvgIpc) is 3.52. The monoisotopic (exact) mass is 549 g/mol. The Bertz CT molecular complexity index is 1480. The molecule has 0 radical (unpaired) electrons. The van der Waals surface area contributed by atoms with Gasteiger partial charge >= 0.3 is 23.8 Å². The van der Waals surface area contributed by atoms with Gasteiger partial charge in [-0.15, -0.1) is 11.3 Å². The van der Waals surface area contributed by atoms with E-state index in [0.717, 1.165) is 35.3 Å². The molecule has 2 amide bonds. The van der Waals surface area contributed by atoms with Gasteiger partial charge in [0.1, 0.15) is 5.00 Å². The predicted molar refractivity (Wildman–Crippen MR) is 146 cm³/mol. The third-order valence-corrected chi connectivity index (χ3v) is 7.35. The molecular weight excluding hydrogens is 522 g/mol. The zero-order valence-corrected chi connectivity index (χ0v) is 22.7. The van der Waals surface area contributed by atoms with Crippen LogP contribution in [-0.4, -0.2) is 43.7 Å². The minimum absolute atomic E-state index is 0.215. The van der Waals surface area contributed by atoms with E-state index in [1.54, 1.807) is 37.3 Å². The zero-order chi connectivity index (χ0) is 28.1. The quantitative estimate of drug-likeness (QED) is 0.149. The third kappa shape index (κ3) is 6.15. The first-order valence-corrected chi connectivity index (χ1v) is 12.9. The van der Waals surface area contributed by atoms with Crippen molar-refractivity contribution < 1.29 is 33.4 Å². The fraction of sp³-hybridized carbons (Fsp3) is 0.250. The summed E-state index contributed by atoms with van der Waals surface area (Å²) in [5.41, 5.74) is 5.73. The van der Waals surface area contributed by atoms with Crippen molar-refractivity contribution in [3.63, 3.8) is 0 Å². The van der Waals surface area contributed by atoms with Crippen LogP contribution in [0, 0.1) is 6.92 Å². The van der Waals surface area contributed by atoms with Crippen molar-refractivity contribution in [2.24, 2.45) is 5.10 Å². The minimum atomic E-state index is -1.01. The van der Waals surface area contributed by atoms with Crippen LogP contribution in [0.3, 0.4) is 0 Å². The van der Waals surface area contributed by atoms with Gasteiger partial charge in [-0.05, 0) is 69.0 Å². The number of hydrogen-bond acceptors (Lipinski definition) is 9. The number of esters is 2. The van der Waals surface area contributed by atoms with E-state index in [0.29, 0.717) is 22.4 Å². The number of hydrazone groups is 1. The van der Waals surface area contributed by atoms with Crippen LogP contribution in [-0.2, 0) is 27.2 Å². The summed E-state index contributed by atoms with van der Waals surface area (Å²) < 4.78 is 15.7. The van der Waals surface area contributed by atoms with Gasteiger partial charge in [0.25, 0.3) is 0 Å². The number of hydrogen-bond donors (Lipinski definition) is 2. The van der Waals surface area contributed by atoms with Crippen LogP contribution in [0.15, 0.2) is 47.6 Å². The highest BCUT2D eigenvalue weighted by atomic mass is 32.1. The lowest BCUT2D eigenvalue weighted by Crippen LogP contribution is -2.33. The first-order chi connectivity index (χ1) is 18.7. The van der Waals surface area contributed by atoms with E-state index in [9.17, 15) is 19.2 Å². The highest BCUT2D eigenvalue weighted by molar-refractivity contribution is 7.17. The summed E-state index contributed by atoms with van der Waals surface area (Å²) >= 11 is 1.27. The summed E-state index contributed by atoms with van der Waals surface area (Å²) in [6, 6.07) is 11.8. The highest BCUT2D eigenvalue weighted by Gasteiger charge is 2.29. The van der Waals surface area contributed by atoms with Crippen LogP contribution in [0.5, 0.6) is 11.5 Å². The van der Waals surface area contributed by atoms with Crippen molar-refractivity contribution in [1.82, 2.24) is 5.43 Å². The maximum Gasteiger partial charge on any atom is 0.343 e. The molecular formula is C28H27N3O7S. The lowest BCUT2D eigenvalue weighted by atomic mass is 10.1. The number of anilines is 1. The molecule has 0 fully saturated rings. The fourth-order valence-corrected chi connectivity index (χ4v) is 5.32. The van der Waals surface area contributed by atoms with Gasteiger partial charge in [0, 0.05) is 10.4 Å². The van der Waals surface area contributed by atoms with Crippen LogP contribution < -0.4 is 20.2 Å². The summed E-state index contributed by atoms with van der Waals surface area (Å²) in [7, 11) is 2.71. The lowest BCUT2D eigenvalue weighted by Gasteiger charge is -2.11. The molecule has 0 unspecified atom stereocenters. The van der Waals surface area contributed by atoms with Gasteiger partial charge in [-0.25, -0.2) is 15.0 Å². The van der Waals surface area contributed by atoms with Crippen molar-refractivity contribution in [1.29, 1.82) is 0 Å². The first-order valence-electron chi connectivity index (χ1n) is 12.1. The van der Waals surface area contributed by atoms with E-state index >= 15 is 0 Å². The van der Waals surface area contributed by atoms with E-state index in [1.165, 1.54) is 25.6 Å². The van der Waals surface area contributed by atoms with E-state index < -0.39 is 23.8 Å². The Hall–Kier alpha value is -4.51. The number of methoxy groups -OCH3 is 2. The SMILES string of the molecule is COC(=O)c1c(NC(=O)C(=O)N/N=C(\C)c2ccc(OC(=O)c3ccc(C)cc3)c(OC)c2)sc2c1CCC2. The molecule has 2 N–H and O–H groups in total. The fourth-order valence-electron chi connectivity index (χ4n) is 4.05. The van der Waals surface area contributed by atoms with Crippen LogP contribution in [0.1, 0.15) is 55.6 Å². The normalized spacial score (nSPS) is 12.4. The molecule has 3 aromatic rings. The molecule has 0 bridgehead atoms. The maximum atomic E-state index is 12.5. The van der Waals surface area contributed by atoms with Crippen LogP contribution in [0.2, 0.25) is 0 Å². The summed E-state index contributed by atoms with van der Waals surface area (Å²) in [5, 5.41) is 6.80. The molecule has 202 valence electrons. The molecule has 1 heterocycles. The number of nitrogens with one attached hydrogen (secondary N) is 2. The molecule has 1 aliphatic carbocycles. The van der Waals surface area contributed by atoms with E-state index in [1.807, 2.05) is 19.1 Å². The van der Waals surface area contributed by atoms with Crippen molar-refractivity contribution in [2.75, 3.05) is 19.5 Å². The number of thiophene rings is 1. The molecule has 0 aliphatic heterocycles. The molecule has 10 nitrogen and oxygen atoms in total. The standard InChI is InChI=1S/C28H27N3O7S/c1-15-8-10-17(11-9-15)27(34)38-20-13-12-18(14-21(20)36-3)16(2)30-31-25(33)24(32)29-26-23(28(35)37-4)19-6-5-7-22(19)39-26/h8-14H,5-7H2,1-4H3,(H,29,32)(H,31,33)/b30-16+. The number of fused-ring (bicyclic) bond motifs is 1. The van der Waals surface area contributed by atoms with Gasteiger partial charge in [-0.3, -0.25) is 9.59 Å². The molecule has 39 heavy (non-hydrogen) atoms. The smallest absolute Gasteiger partial charge is 0.343 e. The van der Waals surface area contributed by atoms with E-state index in [2.05, 4.69) is 15.8 Å². The van der Waals surface area contributed by atoms with Crippen LogP contribution in [0.25, 0.3) is 0 Å². The van der Waals surface area contributed by atoms with Gasteiger partial charge in [-0.1, -0.05) is 17.7 Å². The molecule has 11 heteroatoms. The second-order valence-corrected chi connectivity index (χ2v) is 9.87. The molecule has 1 aliphatic rings. The van der Waals surface area contributed by atoms with Crippen molar-refractivity contribution in [2.45, 2.75) is 33.1 Å². The van der Waals surface area contributed by atoms with E-state index in [4.69, 9.17) is 14.2 Å². The number of carbonyl (C=O) groups excluding carboxylic acids is 4. The Balaban J connectivity index is 1.42. The van der Waals surface area contributed by atoms with Crippen molar-refractivity contribution in [3.05, 3.63) is 75.2 Å². The molecule has 4 rings (SSSR count). The molecule has 2 aromatic carbocycles. The van der Waals surface area contributed by atoms with E-state index in [-0.39, 0.29) is 16.5 Å². The second-order valence-electron chi connectivity index (χ2n) is 8.77. The van der Waals surface area contributed by atoms with Gasteiger partial charge in [0.15, 0.2) is 11.5 Å². The third-order valence-electron chi connectivity index (χ3n) is 6.14. The largest absolute Gasteiger partial charge is 0.493 e. The minimum Gasteiger partial charge on any atom is -0.493 e. The average molecular weight is 550 g/mol. The van der Waals surface area contributed by atoms with Gasteiger partial charge in [-0.2, -0.15) is 5.10 Å². The molecule has 0 spiro atoms. The molecule has 0 atom stereocenters. The van der Waals surface area contributed by atoms with Crippen molar-refractivity contribution in [3.8, 4) is 11.5 Å². The predicted octanol–water partition coefficient (Wildman–Crippen LogP) is 4.04. The second kappa shape index (κ2) is 11.9. The number of aryl methyl sites for hydroxylation is 2. The van der Waals surface area contributed by atoms with Gasteiger partial charge in [0.05, 0.1) is 31.1 Å². The highest BCUT2D eigenvalue weighted by Crippen LogP contribution is 2.39. The molecule has 0 saturated carbocycles. The zero-order valence-electron chi connectivity index (χ0n) is 21.9. The Kier molecular flexibility index (Phi) is 8.40. The summed E-state index contributed by atoms with van der Waals surface area (Å²) in [6.07, 6.45) is 2.45. The number of carbonyl (C=O) groups is 4. The number of rotatable bonds is 7. The number of nitrogens with zero attached hydrogens (tertiary/aromatic N) is 1. The Morgan fingerprint density at radius 2 is 1.62 bits per heavy atom. The number of amides is 2. The maximum absolute atomic E-state index is 12.5. The van der Waals surface area contributed by atoms with Crippen molar-refractivity contribution >= 4 is 45.8 Å². The summed E-state index contributed by atoms with van der Waals surface area (Å²) in [4.78, 5) is 50.7. The molecule has 1 aromatic heterocycles. The Morgan fingerprint density at radius 3 is 2.31 bits per heavy atom. The van der Waals surface area contributed by atoms with Gasteiger partial charge < -0.3 is 19.5 Å². The molecule has 0 saturated heterocycles. The Labute approximate surface area is 229 Å². The topological polar surface area (TPSA) is 132 Å². The Morgan fingerprint density at radius 1 is 0.897 bits per heavy atom.